The van der Waals surface area contributed by atoms with Crippen LogP contribution in [0, 0.1) is 6.92 Å². The van der Waals surface area contributed by atoms with Crippen molar-refractivity contribution in [2.45, 2.75) is 38.1 Å². The first kappa shape index (κ1) is 13.6. The van der Waals surface area contributed by atoms with E-state index in [1.807, 2.05) is 19.1 Å². The zero-order valence-corrected chi connectivity index (χ0v) is 11.7. The molecule has 0 saturated heterocycles. The average molecular weight is 261 g/mol. The Bertz CT molecular complexity index is 512. The maximum absolute atomic E-state index is 10.8. The Hall–Kier alpha value is -1.80. The van der Waals surface area contributed by atoms with Gasteiger partial charge in [-0.1, -0.05) is 18.9 Å². The summed E-state index contributed by atoms with van der Waals surface area (Å²) in [4.78, 5) is 15.0. The lowest BCUT2D eigenvalue weighted by Crippen LogP contribution is -2.21. The Morgan fingerprint density at radius 2 is 1.89 bits per heavy atom. The standard InChI is InChI=1S/C15H19NO3/c1-11-6-7-12(18-2)14(19-3)13(11)15(16-10-17)8-4-5-9-15/h6-7H,4-5,8-9H2,1-3H3. The number of aliphatic imine (C=N–C) groups is 1. The van der Waals surface area contributed by atoms with E-state index in [1.54, 1.807) is 20.3 Å². The van der Waals surface area contributed by atoms with Gasteiger partial charge in [0.2, 0.25) is 6.08 Å². The van der Waals surface area contributed by atoms with E-state index in [-0.39, 0.29) is 0 Å². The molecule has 4 heteroatoms. The van der Waals surface area contributed by atoms with Gasteiger partial charge in [-0.25, -0.2) is 4.79 Å². The first-order chi connectivity index (χ1) is 9.18. The SMILES string of the molecule is COc1ccc(C)c(C2(N=C=O)CCCC2)c1OC. The maximum atomic E-state index is 10.8. The van der Waals surface area contributed by atoms with Gasteiger partial charge in [0.1, 0.15) is 5.54 Å². The Kier molecular flexibility index (Phi) is 3.91. The summed E-state index contributed by atoms with van der Waals surface area (Å²) < 4.78 is 10.9. The lowest BCUT2D eigenvalue weighted by Gasteiger charge is -2.27. The summed E-state index contributed by atoms with van der Waals surface area (Å²) in [6.45, 7) is 2.01. The molecule has 2 rings (SSSR count). The zero-order valence-electron chi connectivity index (χ0n) is 11.7. The normalized spacial score (nSPS) is 16.8. The van der Waals surface area contributed by atoms with E-state index in [0.29, 0.717) is 11.5 Å². The van der Waals surface area contributed by atoms with Gasteiger partial charge in [0.15, 0.2) is 11.5 Å². The first-order valence-corrected chi connectivity index (χ1v) is 6.49. The molecular weight excluding hydrogens is 242 g/mol. The van der Waals surface area contributed by atoms with Crippen LogP contribution in [0.2, 0.25) is 0 Å². The minimum atomic E-state index is -0.494. The van der Waals surface area contributed by atoms with E-state index in [2.05, 4.69) is 4.99 Å². The molecule has 1 aliphatic rings. The van der Waals surface area contributed by atoms with Crippen molar-refractivity contribution in [3.63, 3.8) is 0 Å². The van der Waals surface area contributed by atoms with Crippen molar-refractivity contribution < 1.29 is 14.3 Å². The van der Waals surface area contributed by atoms with Crippen LogP contribution in [0.3, 0.4) is 0 Å². The van der Waals surface area contributed by atoms with Gasteiger partial charge in [0.05, 0.1) is 14.2 Å². The van der Waals surface area contributed by atoms with E-state index in [0.717, 1.165) is 36.8 Å². The number of benzene rings is 1. The zero-order chi connectivity index (χ0) is 13.9. The van der Waals surface area contributed by atoms with Gasteiger partial charge in [0, 0.05) is 5.56 Å². The molecule has 1 aromatic carbocycles. The lowest BCUT2D eigenvalue weighted by atomic mass is 9.85. The first-order valence-electron chi connectivity index (χ1n) is 6.49. The molecule has 102 valence electrons. The number of aryl methyl sites for hydroxylation is 1. The van der Waals surface area contributed by atoms with Gasteiger partial charge in [-0.05, 0) is 31.4 Å². The third-order valence-corrected chi connectivity index (χ3v) is 3.91. The molecule has 0 radical (unpaired) electrons. The molecule has 0 N–H and O–H groups in total. The largest absolute Gasteiger partial charge is 0.493 e. The third-order valence-electron chi connectivity index (χ3n) is 3.91. The van der Waals surface area contributed by atoms with Gasteiger partial charge >= 0.3 is 0 Å². The smallest absolute Gasteiger partial charge is 0.235 e. The predicted octanol–water partition coefficient (Wildman–Crippen LogP) is 3.12. The van der Waals surface area contributed by atoms with Crippen LogP contribution in [-0.4, -0.2) is 20.3 Å². The van der Waals surface area contributed by atoms with Gasteiger partial charge in [0.25, 0.3) is 0 Å². The molecule has 1 aliphatic carbocycles. The summed E-state index contributed by atoms with van der Waals surface area (Å²) in [5.74, 6) is 1.36. The molecule has 1 saturated carbocycles. The van der Waals surface area contributed by atoms with E-state index in [9.17, 15) is 4.79 Å². The number of methoxy groups -OCH3 is 2. The van der Waals surface area contributed by atoms with Crippen LogP contribution in [0.4, 0.5) is 0 Å². The highest BCUT2D eigenvalue weighted by molar-refractivity contribution is 5.55. The summed E-state index contributed by atoms with van der Waals surface area (Å²) in [6, 6.07) is 3.86. The number of rotatable bonds is 4. The molecule has 1 fully saturated rings. The van der Waals surface area contributed by atoms with Gasteiger partial charge in [-0.3, -0.25) is 0 Å². The number of hydrogen-bond donors (Lipinski definition) is 0. The summed E-state index contributed by atoms with van der Waals surface area (Å²) in [5, 5.41) is 0. The highest BCUT2D eigenvalue weighted by Crippen LogP contribution is 2.49. The fourth-order valence-electron chi connectivity index (χ4n) is 3.07. The summed E-state index contributed by atoms with van der Waals surface area (Å²) >= 11 is 0. The van der Waals surface area contributed by atoms with E-state index in [4.69, 9.17) is 9.47 Å². The van der Waals surface area contributed by atoms with Crippen LogP contribution in [-0.2, 0) is 10.3 Å². The summed E-state index contributed by atoms with van der Waals surface area (Å²) in [7, 11) is 3.23. The van der Waals surface area contributed by atoms with Crippen molar-refractivity contribution in [3.8, 4) is 11.5 Å². The molecule has 0 unspecified atom stereocenters. The average Bonchev–Trinajstić information content (AvgIpc) is 2.88. The molecule has 0 amide bonds. The number of nitrogens with zero attached hydrogens (tertiary/aromatic N) is 1. The van der Waals surface area contributed by atoms with Crippen molar-refractivity contribution in [2.24, 2.45) is 4.99 Å². The van der Waals surface area contributed by atoms with E-state index < -0.39 is 5.54 Å². The van der Waals surface area contributed by atoms with E-state index >= 15 is 0 Å². The predicted molar refractivity (Wildman–Crippen MR) is 72.6 cm³/mol. The number of ether oxygens (including phenoxy) is 2. The Morgan fingerprint density at radius 1 is 1.21 bits per heavy atom. The second-order valence-electron chi connectivity index (χ2n) is 4.93. The fourth-order valence-corrected chi connectivity index (χ4v) is 3.07. The number of hydrogen-bond acceptors (Lipinski definition) is 4. The molecule has 1 aromatic rings. The minimum absolute atomic E-state index is 0.494. The number of isocyanates is 1. The topological polar surface area (TPSA) is 47.9 Å². The Morgan fingerprint density at radius 3 is 2.42 bits per heavy atom. The lowest BCUT2D eigenvalue weighted by molar-refractivity contribution is 0.336. The van der Waals surface area contributed by atoms with E-state index in [1.165, 1.54) is 0 Å². The van der Waals surface area contributed by atoms with Crippen LogP contribution >= 0.6 is 0 Å². The van der Waals surface area contributed by atoms with Gasteiger partial charge < -0.3 is 9.47 Å². The third kappa shape index (κ3) is 2.24. The Balaban J connectivity index is 2.68. The van der Waals surface area contributed by atoms with Crippen molar-refractivity contribution in [2.75, 3.05) is 14.2 Å². The van der Waals surface area contributed by atoms with Crippen LogP contribution in [0.1, 0.15) is 36.8 Å². The summed E-state index contributed by atoms with van der Waals surface area (Å²) in [6.07, 6.45) is 5.57. The highest BCUT2D eigenvalue weighted by Gasteiger charge is 2.40. The second-order valence-corrected chi connectivity index (χ2v) is 4.93. The van der Waals surface area contributed by atoms with Crippen molar-refractivity contribution in [3.05, 3.63) is 23.3 Å². The van der Waals surface area contributed by atoms with Crippen molar-refractivity contribution in [1.82, 2.24) is 0 Å². The molecule has 19 heavy (non-hydrogen) atoms. The fraction of sp³-hybridized carbons (Fsp3) is 0.533. The van der Waals surface area contributed by atoms with Crippen molar-refractivity contribution in [1.29, 1.82) is 0 Å². The maximum Gasteiger partial charge on any atom is 0.235 e. The summed E-state index contributed by atoms with van der Waals surface area (Å²) in [5.41, 5.74) is 1.54. The Labute approximate surface area is 113 Å². The monoisotopic (exact) mass is 261 g/mol. The van der Waals surface area contributed by atoms with Crippen LogP contribution in [0.25, 0.3) is 0 Å². The van der Waals surface area contributed by atoms with Crippen LogP contribution in [0.15, 0.2) is 17.1 Å². The van der Waals surface area contributed by atoms with Crippen LogP contribution in [0.5, 0.6) is 11.5 Å². The molecule has 0 heterocycles. The molecule has 0 aliphatic heterocycles. The van der Waals surface area contributed by atoms with Gasteiger partial charge in [-0.2, -0.15) is 4.99 Å². The molecule has 0 bridgehead atoms. The second kappa shape index (κ2) is 5.45. The minimum Gasteiger partial charge on any atom is -0.493 e. The highest BCUT2D eigenvalue weighted by atomic mass is 16.5. The number of carbonyl (C=O) groups excluding carboxylic acids is 1. The molecule has 0 aromatic heterocycles. The molecule has 0 atom stereocenters. The molecule has 0 spiro atoms. The molecular formula is C15H19NO3. The van der Waals surface area contributed by atoms with Gasteiger partial charge in [-0.15, -0.1) is 0 Å². The molecule has 4 nitrogen and oxygen atoms in total. The van der Waals surface area contributed by atoms with Crippen molar-refractivity contribution >= 4 is 6.08 Å². The van der Waals surface area contributed by atoms with Crippen LogP contribution < -0.4 is 9.47 Å². The quantitative estimate of drug-likeness (QED) is 0.618.